The molecule has 0 aliphatic rings. The Balaban J connectivity index is 2.27. The summed E-state index contributed by atoms with van der Waals surface area (Å²) in [4.78, 5) is 26.0. The van der Waals surface area contributed by atoms with E-state index in [-0.39, 0.29) is 16.9 Å². The van der Waals surface area contributed by atoms with Gasteiger partial charge in [-0.25, -0.2) is 9.78 Å². The van der Waals surface area contributed by atoms with Crippen molar-refractivity contribution in [1.82, 2.24) is 10.3 Å². The summed E-state index contributed by atoms with van der Waals surface area (Å²) in [6.07, 6.45) is 1.81. The molecule has 122 valence electrons. The van der Waals surface area contributed by atoms with Crippen LogP contribution in [-0.4, -0.2) is 29.6 Å². The first-order valence-corrected chi connectivity index (χ1v) is 7.41. The third-order valence-electron chi connectivity index (χ3n) is 2.75. The second-order valence-corrected chi connectivity index (χ2v) is 5.40. The molecule has 0 radical (unpaired) electrons. The molecule has 0 aliphatic heterocycles. The Morgan fingerprint density at radius 3 is 2.50 bits per heavy atom. The molecule has 0 aliphatic carbocycles. The summed E-state index contributed by atoms with van der Waals surface area (Å²) in [5.41, 5.74) is 11.3. The highest BCUT2D eigenvalue weighted by Gasteiger charge is 2.15. The maximum Gasteiger partial charge on any atom is 0.323 e. The van der Waals surface area contributed by atoms with E-state index in [1.165, 1.54) is 0 Å². The van der Waals surface area contributed by atoms with Crippen LogP contribution in [0.2, 0.25) is 10.3 Å². The minimum Gasteiger partial charge on any atom is -0.460 e. The van der Waals surface area contributed by atoms with Gasteiger partial charge in [0.25, 0.3) is 0 Å². The number of hydrogen-bond acceptors (Lipinski definition) is 5. The number of halogens is 2. The van der Waals surface area contributed by atoms with E-state index in [1.807, 2.05) is 0 Å². The van der Waals surface area contributed by atoms with Gasteiger partial charge in [-0.15, -0.1) is 0 Å². The first-order valence-electron chi connectivity index (χ1n) is 6.66. The van der Waals surface area contributed by atoms with E-state index < -0.39 is 18.0 Å². The van der Waals surface area contributed by atoms with Crippen LogP contribution in [0, 0.1) is 0 Å². The molecular formula is C13H18Cl2N4O3. The molecule has 0 aromatic carbocycles. The van der Waals surface area contributed by atoms with Crippen LogP contribution in [0.1, 0.15) is 24.8 Å². The van der Waals surface area contributed by atoms with Crippen LogP contribution in [0.5, 0.6) is 0 Å². The van der Waals surface area contributed by atoms with Crippen molar-refractivity contribution in [2.45, 2.75) is 31.9 Å². The Kier molecular flexibility index (Phi) is 7.94. The third-order valence-corrected chi connectivity index (χ3v) is 3.13. The lowest BCUT2D eigenvalue weighted by Gasteiger charge is -2.11. The van der Waals surface area contributed by atoms with E-state index >= 15 is 0 Å². The fraction of sp³-hybridized carbons (Fsp3) is 0.462. The maximum absolute atomic E-state index is 11.7. The van der Waals surface area contributed by atoms with Crippen LogP contribution < -0.4 is 16.8 Å². The molecule has 0 bridgehead atoms. The number of carbonyl (C=O) groups is 2. The number of nitrogens with two attached hydrogens (primary N) is 2. The molecule has 0 unspecified atom stereocenters. The van der Waals surface area contributed by atoms with Gasteiger partial charge in [0.2, 0.25) is 0 Å². The van der Waals surface area contributed by atoms with Gasteiger partial charge in [0.15, 0.2) is 0 Å². The summed E-state index contributed by atoms with van der Waals surface area (Å²) in [5, 5.41) is 2.91. The van der Waals surface area contributed by atoms with E-state index in [0.29, 0.717) is 31.4 Å². The normalized spacial score (nSPS) is 11.8. The number of carbonyl (C=O) groups excluding carboxylic acids is 2. The summed E-state index contributed by atoms with van der Waals surface area (Å²) in [7, 11) is 0. The molecular weight excluding hydrogens is 331 g/mol. The van der Waals surface area contributed by atoms with E-state index in [4.69, 9.17) is 39.4 Å². The highest BCUT2D eigenvalue weighted by Crippen LogP contribution is 2.15. The Bertz CT molecular complexity index is 508. The SMILES string of the molecule is NC(=O)NCCCC[C@H](N)C(=O)OCc1cc(Cl)nc(Cl)c1. The van der Waals surface area contributed by atoms with Gasteiger partial charge >= 0.3 is 12.0 Å². The van der Waals surface area contributed by atoms with Crippen molar-refractivity contribution in [3.8, 4) is 0 Å². The molecule has 1 heterocycles. The van der Waals surface area contributed by atoms with Gasteiger partial charge in [-0.1, -0.05) is 23.2 Å². The van der Waals surface area contributed by atoms with Gasteiger partial charge in [-0.3, -0.25) is 4.79 Å². The lowest BCUT2D eigenvalue weighted by atomic mass is 10.1. The maximum atomic E-state index is 11.7. The summed E-state index contributed by atoms with van der Waals surface area (Å²) >= 11 is 11.5. The van der Waals surface area contributed by atoms with Gasteiger partial charge in [-0.2, -0.15) is 0 Å². The number of rotatable bonds is 8. The first kappa shape index (κ1) is 18.5. The molecule has 0 saturated carbocycles. The number of esters is 1. The minimum atomic E-state index is -0.721. The molecule has 2 amide bonds. The summed E-state index contributed by atoms with van der Waals surface area (Å²) in [5.74, 6) is -0.507. The van der Waals surface area contributed by atoms with E-state index in [0.717, 1.165) is 0 Å². The zero-order valence-corrected chi connectivity index (χ0v) is 13.4. The highest BCUT2D eigenvalue weighted by molar-refractivity contribution is 6.32. The molecule has 1 atom stereocenters. The number of ether oxygens (including phenoxy) is 1. The van der Waals surface area contributed by atoms with Crippen molar-refractivity contribution in [1.29, 1.82) is 0 Å². The fourth-order valence-electron chi connectivity index (χ4n) is 1.68. The van der Waals surface area contributed by atoms with E-state index in [9.17, 15) is 9.59 Å². The van der Waals surface area contributed by atoms with Gasteiger partial charge in [0.05, 0.1) is 0 Å². The third kappa shape index (κ3) is 7.44. The standard InChI is InChI=1S/C13H18Cl2N4O3/c14-10-5-8(6-11(15)19-10)7-22-12(20)9(16)3-1-2-4-18-13(17)21/h5-6,9H,1-4,7,16H2,(H3,17,18,21)/t9-/m0/s1. The number of nitrogens with one attached hydrogen (secondary N) is 1. The van der Waals surface area contributed by atoms with Crippen molar-refractivity contribution in [3.63, 3.8) is 0 Å². The molecule has 9 heteroatoms. The average molecular weight is 349 g/mol. The Morgan fingerprint density at radius 2 is 1.91 bits per heavy atom. The molecule has 0 fully saturated rings. The molecule has 1 rings (SSSR count). The summed E-state index contributed by atoms with van der Waals surface area (Å²) in [6, 6.07) is 1.82. The molecule has 5 N–H and O–H groups in total. The predicted octanol–water partition coefficient (Wildman–Crippen LogP) is 1.60. The number of pyridine rings is 1. The number of nitrogens with zero attached hydrogens (tertiary/aromatic N) is 1. The van der Waals surface area contributed by atoms with Crippen molar-refractivity contribution in [3.05, 3.63) is 28.0 Å². The lowest BCUT2D eigenvalue weighted by Crippen LogP contribution is -2.33. The number of unbranched alkanes of at least 4 members (excludes halogenated alkanes) is 1. The van der Waals surface area contributed by atoms with Gasteiger partial charge in [-0.05, 0) is 37.0 Å². The van der Waals surface area contributed by atoms with E-state index in [1.54, 1.807) is 12.1 Å². The lowest BCUT2D eigenvalue weighted by molar-refractivity contribution is -0.146. The summed E-state index contributed by atoms with van der Waals surface area (Å²) < 4.78 is 5.10. The second kappa shape index (κ2) is 9.45. The second-order valence-electron chi connectivity index (χ2n) is 4.62. The Morgan fingerprint density at radius 1 is 1.27 bits per heavy atom. The zero-order valence-electron chi connectivity index (χ0n) is 11.9. The van der Waals surface area contributed by atoms with E-state index in [2.05, 4.69) is 10.3 Å². The molecule has 7 nitrogen and oxygen atoms in total. The number of primary amides is 1. The quantitative estimate of drug-likeness (QED) is 0.374. The number of urea groups is 1. The predicted molar refractivity (Wildman–Crippen MR) is 83.5 cm³/mol. The Labute approximate surface area is 138 Å². The number of amides is 2. The number of aromatic nitrogens is 1. The van der Waals surface area contributed by atoms with Crippen LogP contribution in [0.4, 0.5) is 4.79 Å². The van der Waals surface area contributed by atoms with Crippen molar-refractivity contribution in [2.24, 2.45) is 11.5 Å². The van der Waals surface area contributed by atoms with Gasteiger partial charge in [0.1, 0.15) is 23.0 Å². The molecule has 1 aromatic rings. The molecule has 1 aromatic heterocycles. The first-order chi connectivity index (χ1) is 10.4. The molecule has 0 saturated heterocycles. The van der Waals surface area contributed by atoms with Crippen LogP contribution in [0.3, 0.4) is 0 Å². The zero-order chi connectivity index (χ0) is 16.5. The highest BCUT2D eigenvalue weighted by atomic mass is 35.5. The molecule has 0 spiro atoms. The van der Waals surface area contributed by atoms with Crippen LogP contribution in [0.15, 0.2) is 12.1 Å². The smallest absolute Gasteiger partial charge is 0.323 e. The monoisotopic (exact) mass is 348 g/mol. The van der Waals surface area contributed by atoms with Crippen molar-refractivity contribution < 1.29 is 14.3 Å². The molecule has 22 heavy (non-hydrogen) atoms. The number of hydrogen-bond donors (Lipinski definition) is 3. The average Bonchev–Trinajstić information content (AvgIpc) is 2.42. The minimum absolute atomic E-state index is 0.0255. The Hall–Kier alpha value is -1.57. The van der Waals surface area contributed by atoms with Crippen LogP contribution >= 0.6 is 23.2 Å². The van der Waals surface area contributed by atoms with Gasteiger partial charge in [0, 0.05) is 6.54 Å². The fourth-order valence-corrected chi connectivity index (χ4v) is 2.18. The largest absolute Gasteiger partial charge is 0.460 e. The topological polar surface area (TPSA) is 120 Å². The van der Waals surface area contributed by atoms with Crippen LogP contribution in [-0.2, 0) is 16.1 Å². The van der Waals surface area contributed by atoms with Crippen molar-refractivity contribution in [2.75, 3.05) is 6.54 Å². The van der Waals surface area contributed by atoms with Crippen molar-refractivity contribution >= 4 is 35.2 Å². The summed E-state index contributed by atoms with van der Waals surface area (Å²) in [6.45, 7) is 0.475. The van der Waals surface area contributed by atoms with Crippen LogP contribution in [0.25, 0.3) is 0 Å². The van der Waals surface area contributed by atoms with Gasteiger partial charge < -0.3 is 21.5 Å².